The van der Waals surface area contributed by atoms with E-state index < -0.39 is 11.5 Å². The van der Waals surface area contributed by atoms with E-state index in [4.69, 9.17) is 19.7 Å². The average Bonchev–Trinajstić information content (AvgIpc) is 3.19. The Kier molecular flexibility index (Phi) is 5.53. The van der Waals surface area contributed by atoms with Crippen LogP contribution in [0.25, 0.3) is 11.4 Å². The lowest BCUT2D eigenvalue weighted by atomic mass is 9.79. The first-order valence-electron chi connectivity index (χ1n) is 8.65. The van der Waals surface area contributed by atoms with Crippen LogP contribution in [0.15, 0.2) is 28.8 Å². The van der Waals surface area contributed by atoms with Gasteiger partial charge in [0, 0.05) is 25.3 Å². The number of nitrogens with two attached hydrogens (primary N) is 1. The van der Waals surface area contributed by atoms with E-state index in [0.717, 1.165) is 5.56 Å². The van der Waals surface area contributed by atoms with Gasteiger partial charge in [0.25, 0.3) is 0 Å². The Balaban J connectivity index is 1.71. The molecule has 1 aliphatic rings. The summed E-state index contributed by atoms with van der Waals surface area (Å²) in [5, 5.41) is 6.95. The Bertz CT molecular complexity index is 755. The van der Waals surface area contributed by atoms with Gasteiger partial charge < -0.3 is 25.0 Å². The summed E-state index contributed by atoms with van der Waals surface area (Å²) in [5.74, 6) is 1.39. The molecule has 26 heavy (non-hydrogen) atoms. The van der Waals surface area contributed by atoms with Gasteiger partial charge in [-0.05, 0) is 31.9 Å². The molecule has 1 amide bonds. The molecule has 1 aliphatic heterocycles. The van der Waals surface area contributed by atoms with Crippen molar-refractivity contribution in [3.8, 4) is 17.1 Å². The molecule has 3 N–H and O–H groups in total. The van der Waals surface area contributed by atoms with Crippen molar-refractivity contribution >= 4 is 5.91 Å². The number of carbonyl (C=O) groups excluding carboxylic acids is 1. The van der Waals surface area contributed by atoms with Crippen molar-refractivity contribution in [2.45, 2.75) is 25.8 Å². The quantitative estimate of drug-likeness (QED) is 0.806. The van der Waals surface area contributed by atoms with Gasteiger partial charge >= 0.3 is 0 Å². The zero-order chi connectivity index (χ0) is 18.6. The largest absolute Gasteiger partial charge is 0.497 e. The maximum absolute atomic E-state index is 12.7. The van der Waals surface area contributed by atoms with Crippen molar-refractivity contribution < 1.29 is 18.8 Å². The molecule has 1 aromatic carbocycles. The number of aromatic nitrogens is 2. The molecule has 8 heteroatoms. The van der Waals surface area contributed by atoms with E-state index in [1.54, 1.807) is 7.11 Å². The fourth-order valence-electron chi connectivity index (χ4n) is 2.99. The first-order valence-corrected chi connectivity index (χ1v) is 8.65. The third-order valence-corrected chi connectivity index (χ3v) is 4.81. The number of rotatable bonds is 6. The number of amides is 1. The highest BCUT2D eigenvalue weighted by Gasteiger charge is 2.39. The standard InChI is InChI=1S/C18H24N4O4/c1-12(20-17(23)18(11-19)6-8-25-9-7-18)16-21-15(22-26-16)13-4-3-5-14(10-13)24-2/h3-5,10,12H,6-9,11,19H2,1-2H3,(H,20,23). The first-order chi connectivity index (χ1) is 12.6. The van der Waals surface area contributed by atoms with Crippen molar-refractivity contribution in [2.75, 3.05) is 26.9 Å². The topological polar surface area (TPSA) is 113 Å². The second-order valence-electron chi connectivity index (χ2n) is 6.48. The van der Waals surface area contributed by atoms with E-state index in [2.05, 4.69) is 15.5 Å². The predicted molar refractivity (Wildman–Crippen MR) is 94.4 cm³/mol. The van der Waals surface area contributed by atoms with Crippen LogP contribution in [-0.2, 0) is 9.53 Å². The van der Waals surface area contributed by atoms with Crippen LogP contribution in [0.3, 0.4) is 0 Å². The molecule has 2 aromatic rings. The number of benzene rings is 1. The van der Waals surface area contributed by atoms with Crippen LogP contribution in [0.1, 0.15) is 31.7 Å². The number of hydrogen-bond acceptors (Lipinski definition) is 7. The van der Waals surface area contributed by atoms with Gasteiger partial charge in [-0.1, -0.05) is 17.3 Å². The van der Waals surface area contributed by atoms with Crippen molar-refractivity contribution in [1.82, 2.24) is 15.5 Å². The van der Waals surface area contributed by atoms with Crippen LogP contribution < -0.4 is 15.8 Å². The normalized spacial score (nSPS) is 17.5. The van der Waals surface area contributed by atoms with Gasteiger partial charge in [0.1, 0.15) is 11.8 Å². The number of carbonyl (C=O) groups is 1. The summed E-state index contributed by atoms with van der Waals surface area (Å²) in [4.78, 5) is 17.1. The Morgan fingerprint density at radius 2 is 2.19 bits per heavy atom. The van der Waals surface area contributed by atoms with E-state index in [0.29, 0.717) is 43.5 Å². The number of ether oxygens (including phenoxy) is 2. The van der Waals surface area contributed by atoms with E-state index in [1.807, 2.05) is 31.2 Å². The van der Waals surface area contributed by atoms with Gasteiger partial charge in [-0.25, -0.2) is 0 Å². The molecule has 0 saturated carbocycles. The molecule has 0 aliphatic carbocycles. The lowest BCUT2D eigenvalue weighted by molar-refractivity contribution is -0.136. The fraction of sp³-hybridized carbons (Fsp3) is 0.500. The molecule has 0 bridgehead atoms. The van der Waals surface area contributed by atoms with Crippen molar-refractivity contribution in [3.05, 3.63) is 30.2 Å². The fourth-order valence-corrected chi connectivity index (χ4v) is 2.99. The first kappa shape index (κ1) is 18.3. The van der Waals surface area contributed by atoms with Crippen LogP contribution in [0, 0.1) is 5.41 Å². The molecule has 1 atom stereocenters. The lowest BCUT2D eigenvalue weighted by Gasteiger charge is -2.35. The number of methoxy groups -OCH3 is 1. The Morgan fingerprint density at radius 1 is 1.42 bits per heavy atom. The summed E-state index contributed by atoms with van der Waals surface area (Å²) < 4.78 is 15.9. The molecule has 2 heterocycles. The van der Waals surface area contributed by atoms with Crippen LogP contribution in [0.4, 0.5) is 0 Å². The van der Waals surface area contributed by atoms with Crippen molar-refractivity contribution in [2.24, 2.45) is 11.1 Å². The average molecular weight is 360 g/mol. The summed E-state index contributed by atoms with van der Waals surface area (Å²) >= 11 is 0. The second kappa shape index (κ2) is 7.84. The highest BCUT2D eigenvalue weighted by atomic mass is 16.5. The molecular formula is C18H24N4O4. The molecule has 1 aromatic heterocycles. The molecule has 1 saturated heterocycles. The van der Waals surface area contributed by atoms with Gasteiger partial charge in [-0.3, -0.25) is 4.79 Å². The van der Waals surface area contributed by atoms with Gasteiger partial charge in [0.15, 0.2) is 0 Å². The van der Waals surface area contributed by atoms with E-state index in [1.165, 1.54) is 0 Å². The third-order valence-electron chi connectivity index (χ3n) is 4.81. The number of nitrogens with zero attached hydrogens (tertiary/aromatic N) is 2. The molecule has 8 nitrogen and oxygen atoms in total. The lowest BCUT2D eigenvalue weighted by Crippen LogP contribution is -2.49. The van der Waals surface area contributed by atoms with Crippen LogP contribution >= 0.6 is 0 Å². The Hall–Kier alpha value is -2.45. The summed E-state index contributed by atoms with van der Waals surface area (Å²) in [6.07, 6.45) is 1.22. The van der Waals surface area contributed by atoms with E-state index >= 15 is 0 Å². The van der Waals surface area contributed by atoms with E-state index in [-0.39, 0.29) is 12.5 Å². The smallest absolute Gasteiger partial charge is 0.249 e. The predicted octanol–water partition coefficient (Wildman–Crippen LogP) is 1.68. The van der Waals surface area contributed by atoms with Crippen molar-refractivity contribution in [3.63, 3.8) is 0 Å². The minimum Gasteiger partial charge on any atom is -0.497 e. The van der Waals surface area contributed by atoms with Crippen LogP contribution in [0.5, 0.6) is 5.75 Å². The zero-order valence-corrected chi connectivity index (χ0v) is 15.0. The monoisotopic (exact) mass is 360 g/mol. The highest BCUT2D eigenvalue weighted by molar-refractivity contribution is 5.83. The number of nitrogens with one attached hydrogen (secondary N) is 1. The maximum Gasteiger partial charge on any atom is 0.249 e. The van der Waals surface area contributed by atoms with Crippen molar-refractivity contribution in [1.29, 1.82) is 0 Å². The second-order valence-corrected chi connectivity index (χ2v) is 6.48. The molecule has 3 rings (SSSR count). The Labute approximate surface area is 152 Å². The minimum atomic E-state index is -0.595. The molecule has 0 spiro atoms. The molecule has 1 unspecified atom stereocenters. The SMILES string of the molecule is COc1cccc(-c2noc(C(C)NC(=O)C3(CN)CCOCC3)n2)c1. The van der Waals surface area contributed by atoms with Gasteiger partial charge in [-0.15, -0.1) is 0 Å². The third kappa shape index (κ3) is 3.71. The molecule has 0 radical (unpaired) electrons. The van der Waals surface area contributed by atoms with Gasteiger partial charge in [0.2, 0.25) is 17.6 Å². The maximum atomic E-state index is 12.7. The highest BCUT2D eigenvalue weighted by Crippen LogP contribution is 2.30. The van der Waals surface area contributed by atoms with Crippen LogP contribution in [-0.4, -0.2) is 42.9 Å². The summed E-state index contributed by atoms with van der Waals surface area (Å²) in [5.41, 5.74) is 6.06. The van der Waals surface area contributed by atoms with Gasteiger partial charge in [-0.2, -0.15) is 4.98 Å². The number of hydrogen-bond donors (Lipinski definition) is 2. The summed E-state index contributed by atoms with van der Waals surface area (Å²) in [6.45, 7) is 3.18. The van der Waals surface area contributed by atoms with Crippen LogP contribution in [0.2, 0.25) is 0 Å². The molecule has 140 valence electrons. The summed E-state index contributed by atoms with van der Waals surface area (Å²) in [7, 11) is 1.60. The Morgan fingerprint density at radius 3 is 2.88 bits per heavy atom. The minimum absolute atomic E-state index is 0.100. The summed E-state index contributed by atoms with van der Waals surface area (Å²) in [6, 6.07) is 6.97. The van der Waals surface area contributed by atoms with Gasteiger partial charge in [0.05, 0.1) is 12.5 Å². The zero-order valence-electron chi connectivity index (χ0n) is 15.0. The molecular weight excluding hydrogens is 336 g/mol. The molecule has 1 fully saturated rings. The van der Waals surface area contributed by atoms with E-state index in [9.17, 15) is 4.79 Å².